The van der Waals surface area contributed by atoms with Crippen molar-refractivity contribution < 1.29 is 4.84 Å². The largest absolute Gasteiger partial charge is 0.399 e. The Bertz CT molecular complexity index is 580. The van der Waals surface area contributed by atoms with Crippen molar-refractivity contribution in [1.82, 2.24) is 9.78 Å². The third-order valence-corrected chi connectivity index (χ3v) is 2.62. The molecule has 2 rings (SSSR count). The summed E-state index contributed by atoms with van der Waals surface area (Å²) < 4.78 is 2.58. The lowest BCUT2D eigenvalue weighted by Gasteiger charge is -2.04. The quantitative estimate of drug-likeness (QED) is 0.515. The van der Waals surface area contributed by atoms with Crippen LogP contribution < -0.4 is 0 Å². The number of H-pyrrole nitrogens is 1. The van der Waals surface area contributed by atoms with Crippen LogP contribution in [-0.4, -0.2) is 22.6 Å². The average Bonchev–Trinajstić information content (AvgIpc) is 2.76. The fourth-order valence-corrected chi connectivity index (χ4v) is 1.70. The van der Waals surface area contributed by atoms with E-state index in [9.17, 15) is 0 Å². The molecule has 1 N–H and O–H groups in total. The van der Waals surface area contributed by atoms with Crippen LogP contribution in [0.25, 0.3) is 5.69 Å². The van der Waals surface area contributed by atoms with Gasteiger partial charge in [0, 0.05) is 6.20 Å². The molecule has 0 bridgehead atoms. The number of oxime groups is 1. The van der Waals surface area contributed by atoms with Crippen molar-refractivity contribution in [3.63, 3.8) is 0 Å². The van der Waals surface area contributed by atoms with Crippen LogP contribution in [0, 0.1) is 4.64 Å². The number of hydrogen-bond donors (Lipinski definition) is 1. The van der Waals surface area contributed by atoms with E-state index in [1.165, 1.54) is 7.11 Å². The zero-order valence-corrected chi connectivity index (χ0v) is 10.5. The molecule has 1 aromatic carbocycles. The van der Waals surface area contributed by atoms with E-state index in [2.05, 4.69) is 10.3 Å². The van der Waals surface area contributed by atoms with Crippen LogP contribution in [0.3, 0.4) is 0 Å². The maximum absolute atomic E-state index is 5.02. The van der Waals surface area contributed by atoms with Gasteiger partial charge in [0.15, 0.2) is 0 Å². The Hall–Kier alpha value is -1.88. The van der Waals surface area contributed by atoms with E-state index in [-0.39, 0.29) is 0 Å². The van der Waals surface area contributed by atoms with Gasteiger partial charge in [0.05, 0.1) is 11.4 Å². The molecule has 0 unspecified atom stereocenters. The summed E-state index contributed by atoms with van der Waals surface area (Å²) in [5, 5.41) is 6.93. The number of benzene rings is 1. The second kappa shape index (κ2) is 4.97. The lowest BCUT2D eigenvalue weighted by atomic mass is 10.1. The van der Waals surface area contributed by atoms with Crippen molar-refractivity contribution in [2.24, 2.45) is 5.16 Å². The molecule has 17 heavy (non-hydrogen) atoms. The fourth-order valence-electron chi connectivity index (χ4n) is 1.54. The topological polar surface area (TPSA) is 42.3 Å². The molecule has 0 saturated carbocycles. The van der Waals surface area contributed by atoms with Crippen molar-refractivity contribution in [3.8, 4) is 5.69 Å². The molecule has 88 valence electrons. The number of hydrogen-bond acceptors (Lipinski definition) is 3. The molecule has 0 saturated heterocycles. The highest BCUT2D eigenvalue weighted by molar-refractivity contribution is 7.71. The maximum atomic E-state index is 5.02. The molecule has 5 heteroatoms. The van der Waals surface area contributed by atoms with Crippen LogP contribution in [-0.2, 0) is 4.84 Å². The molecule has 4 nitrogen and oxygen atoms in total. The Labute approximate surface area is 105 Å². The second-order valence-electron chi connectivity index (χ2n) is 3.57. The van der Waals surface area contributed by atoms with Gasteiger partial charge < -0.3 is 4.84 Å². The summed E-state index contributed by atoms with van der Waals surface area (Å²) in [5.74, 6) is 0. The molecular formula is C12H13N3OS. The van der Waals surface area contributed by atoms with Gasteiger partial charge in [-0.15, -0.1) is 0 Å². The van der Waals surface area contributed by atoms with E-state index >= 15 is 0 Å². The molecule has 1 aromatic heterocycles. The Kier molecular flexibility index (Phi) is 3.39. The molecule has 0 amide bonds. The second-order valence-corrected chi connectivity index (χ2v) is 4.01. The Morgan fingerprint density at radius 3 is 2.53 bits per heavy atom. The highest BCUT2D eigenvalue weighted by atomic mass is 32.1. The zero-order valence-electron chi connectivity index (χ0n) is 9.68. The molecule has 1 heterocycles. The van der Waals surface area contributed by atoms with Gasteiger partial charge in [-0.2, -0.15) is 0 Å². The summed E-state index contributed by atoms with van der Waals surface area (Å²) in [6.07, 6.45) is 1.90. The number of aromatic nitrogens is 2. The Balaban J connectivity index is 2.30. The first-order chi connectivity index (χ1) is 8.20. The molecule has 0 fully saturated rings. The first-order valence-corrected chi connectivity index (χ1v) is 5.58. The van der Waals surface area contributed by atoms with Gasteiger partial charge in [-0.05, 0) is 30.7 Å². The van der Waals surface area contributed by atoms with Crippen LogP contribution in [0.2, 0.25) is 0 Å². The Morgan fingerprint density at radius 2 is 2.00 bits per heavy atom. The molecule has 0 aliphatic carbocycles. The first-order valence-electron chi connectivity index (χ1n) is 5.17. The monoisotopic (exact) mass is 247 g/mol. The summed E-state index contributed by atoms with van der Waals surface area (Å²) >= 11 is 5.02. The number of nitrogens with one attached hydrogen (secondary N) is 1. The van der Waals surface area contributed by atoms with Crippen LogP contribution >= 0.6 is 12.2 Å². The number of rotatable bonds is 3. The molecule has 2 aromatic rings. The van der Waals surface area contributed by atoms with E-state index in [1.807, 2.05) is 48.1 Å². The minimum Gasteiger partial charge on any atom is -0.399 e. The molecule has 0 atom stereocenters. The van der Waals surface area contributed by atoms with Crippen LogP contribution in [0.1, 0.15) is 12.5 Å². The Morgan fingerprint density at radius 1 is 1.29 bits per heavy atom. The SMILES string of the molecule is CO/N=C(\C)c1ccc(-n2ccc(=S)[nH]2)cc1. The molecule has 0 spiro atoms. The molecule has 0 aliphatic heterocycles. The summed E-state index contributed by atoms with van der Waals surface area (Å²) in [5.41, 5.74) is 2.90. The lowest BCUT2D eigenvalue weighted by molar-refractivity contribution is 0.213. The summed E-state index contributed by atoms with van der Waals surface area (Å²) in [6.45, 7) is 1.90. The summed E-state index contributed by atoms with van der Waals surface area (Å²) in [7, 11) is 1.54. The summed E-state index contributed by atoms with van der Waals surface area (Å²) in [6, 6.07) is 9.82. The van der Waals surface area contributed by atoms with Gasteiger partial charge in [-0.3, -0.25) is 9.78 Å². The van der Waals surface area contributed by atoms with E-state index in [0.29, 0.717) is 4.64 Å². The molecule has 0 aliphatic rings. The normalized spacial score (nSPS) is 11.5. The van der Waals surface area contributed by atoms with Gasteiger partial charge >= 0.3 is 0 Å². The number of aromatic amines is 1. The highest BCUT2D eigenvalue weighted by Gasteiger charge is 1.99. The first kappa shape index (κ1) is 11.6. The van der Waals surface area contributed by atoms with Gasteiger partial charge in [0.25, 0.3) is 0 Å². The standard InChI is InChI=1S/C12H13N3OS/c1-9(14-16-2)10-3-5-11(6-4-10)15-8-7-12(17)13-15/h3-8H,1-2H3,(H,13,17)/b14-9+. The number of nitrogens with zero attached hydrogens (tertiary/aromatic N) is 2. The van der Waals surface area contributed by atoms with E-state index < -0.39 is 0 Å². The molecular weight excluding hydrogens is 234 g/mol. The van der Waals surface area contributed by atoms with Crippen molar-refractivity contribution in [3.05, 3.63) is 46.7 Å². The smallest absolute Gasteiger partial charge is 0.119 e. The van der Waals surface area contributed by atoms with Crippen LogP contribution in [0.15, 0.2) is 41.7 Å². The van der Waals surface area contributed by atoms with Gasteiger partial charge in [0.2, 0.25) is 0 Å². The maximum Gasteiger partial charge on any atom is 0.119 e. The van der Waals surface area contributed by atoms with Crippen molar-refractivity contribution in [2.45, 2.75) is 6.92 Å². The van der Waals surface area contributed by atoms with Crippen molar-refractivity contribution >= 4 is 17.9 Å². The molecule has 0 radical (unpaired) electrons. The van der Waals surface area contributed by atoms with E-state index in [1.54, 1.807) is 0 Å². The van der Waals surface area contributed by atoms with Gasteiger partial charge in [0.1, 0.15) is 11.8 Å². The third-order valence-electron chi connectivity index (χ3n) is 2.40. The lowest BCUT2D eigenvalue weighted by Crippen LogP contribution is -1.98. The third kappa shape index (κ3) is 2.62. The fraction of sp³-hybridized carbons (Fsp3) is 0.167. The van der Waals surface area contributed by atoms with E-state index in [0.717, 1.165) is 17.0 Å². The summed E-state index contributed by atoms with van der Waals surface area (Å²) in [4.78, 5) is 4.74. The van der Waals surface area contributed by atoms with Crippen molar-refractivity contribution in [1.29, 1.82) is 0 Å². The van der Waals surface area contributed by atoms with Crippen molar-refractivity contribution in [2.75, 3.05) is 7.11 Å². The van der Waals surface area contributed by atoms with Gasteiger partial charge in [-0.25, -0.2) is 0 Å². The minimum absolute atomic E-state index is 0.714. The van der Waals surface area contributed by atoms with Crippen LogP contribution in [0.4, 0.5) is 0 Å². The predicted octanol–water partition coefficient (Wildman–Crippen LogP) is 2.91. The predicted molar refractivity (Wildman–Crippen MR) is 70.2 cm³/mol. The average molecular weight is 247 g/mol. The highest BCUT2D eigenvalue weighted by Crippen LogP contribution is 2.09. The van der Waals surface area contributed by atoms with E-state index in [4.69, 9.17) is 17.1 Å². The van der Waals surface area contributed by atoms with Crippen LogP contribution in [0.5, 0.6) is 0 Å². The van der Waals surface area contributed by atoms with Gasteiger partial charge in [-0.1, -0.05) is 29.5 Å². The minimum atomic E-state index is 0.714. The zero-order chi connectivity index (χ0) is 12.3.